The number of hydrogen-bond acceptors (Lipinski definition) is 2. The van der Waals surface area contributed by atoms with Crippen molar-refractivity contribution in [3.05, 3.63) is 0 Å². The fourth-order valence-corrected chi connectivity index (χ4v) is 2.37. The molecule has 0 bridgehead atoms. The highest BCUT2D eigenvalue weighted by Gasteiger charge is 2.29. The van der Waals surface area contributed by atoms with Crippen molar-refractivity contribution >= 4 is 0 Å². The Morgan fingerprint density at radius 3 is 1.69 bits per heavy atom. The average molecular weight is 230 g/mol. The second-order valence-corrected chi connectivity index (χ2v) is 4.93. The standard InChI is InChI=1S/C14H30O2/c1-5-7-9-11-14(12-15-3,13-16-4)10-8-6-2/h5-13H2,1-4H3. The molecule has 0 aliphatic heterocycles. The summed E-state index contributed by atoms with van der Waals surface area (Å²) in [5.74, 6) is 0. The lowest BCUT2D eigenvalue weighted by Crippen LogP contribution is -2.31. The summed E-state index contributed by atoms with van der Waals surface area (Å²) >= 11 is 0. The van der Waals surface area contributed by atoms with Gasteiger partial charge in [0.05, 0.1) is 13.2 Å². The number of methoxy groups -OCH3 is 2. The molecule has 0 saturated heterocycles. The van der Waals surface area contributed by atoms with Crippen molar-refractivity contribution in [2.75, 3.05) is 27.4 Å². The number of unbranched alkanes of at least 4 members (excludes halogenated alkanes) is 3. The first kappa shape index (κ1) is 15.9. The van der Waals surface area contributed by atoms with Crippen LogP contribution in [0.3, 0.4) is 0 Å². The minimum atomic E-state index is 0.259. The van der Waals surface area contributed by atoms with Crippen LogP contribution in [0.2, 0.25) is 0 Å². The molecule has 0 aliphatic carbocycles. The summed E-state index contributed by atoms with van der Waals surface area (Å²) in [4.78, 5) is 0. The first-order chi connectivity index (χ1) is 7.74. The van der Waals surface area contributed by atoms with Crippen molar-refractivity contribution in [3.8, 4) is 0 Å². The van der Waals surface area contributed by atoms with Crippen molar-refractivity contribution in [2.45, 2.75) is 58.8 Å². The lowest BCUT2D eigenvalue weighted by molar-refractivity contribution is -0.00417. The van der Waals surface area contributed by atoms with Crippen LogP contribution in [0.15, 0.2) is 0 Å². The van der Waals surface area contributed by atoms with Crippen molar-refractivity contribution in [3.63, 3.8) is 0 Å². The SMILES string of the molecule is CCCCCC(CCCC)(COC)COC. The van der Waals surface area contributed by atoms with E-state index in [1.807, 2.05) is 0 Å². The largest absolute Gasteiger partial charge is 0.384 e. The van der Waals surface area contributed by atoms with Gasteiger partial charge in [-0.1, -0.05) is 46.0 Å². The van der Waals surface area contributed by atoms with E-state index in [4.69, 9.17) is 9.47 Å². The second kappa shape index (κ2) is 10.1. The van der Waals surface area contributed by atoms with Crippen LogP contribution in [0.4, 0.5) is 0 Å². The molecule has 0 N–H and O–H groups in total. The van der Waals surface area contributed by atoms with Gasteiger partial charge in [-0.3, -0.25) is 0 Å². The van der Waals surface area contributed by atoms with E-state index in [9.17, 15) is 0 Å². The molecule has 0 rings (SSSR count). The van der Waals surface area contributed by atoms with Crippen LogP contribution in [-0.4, -0.2) is 27.4 Å². The zero-order valence-corrected chi connectivity index (χ0v) is 11.7. The van der Waals surface area contributed by atoms with E-state index >= 15 is 0 Å². The lowest BCUT2D eigenvalue weighted by Gasteiger charge is -2.32. The van der Waals surface area contributed by atoms with Crippen LogP contribution >= 0.6 is 0 Å². The third-order valence-corrected chi connectivity index (χ3v) is 3.27. The Balaban J connectivity index is 4.24. The normalized spacial score (nSPS) is 12.0. The Hall–Kier alpha value is -0.0800. The van der Waals surface area contributed by atoms with E-state index in [1.54, 1.807) is 14.2 Å². The smallest absolute Gasteiger partial charge is 0.0540 e. The van der Waals surface area contributed by atoms with Crippen LogP contribution in [0.5, 0.6) is 0 Å². The van der Waals surface area contributed by atoms with Gasteiger partial charge in [0.15, 0.2) is 0 Å². The Kier molecular flexibility index (Phi) is 10.0. The summed E-state index contributed by atoms with van der Waals surface area (Å²) in [5, 5.41) is 0. The van der Waals surface area contributed by atoms with Crippen LogP contribution in [0.25, 0.3) is 0 Å². The van der Waals surface area contributed by atoms with Gasteiger partial charge in [-0.2, -0.15) is 0 Å². The van der Waals surface area contributed by atoms with Crippen molar-refractivity contribution in [2.24, 2.45) is 5.41 Å². The lowest BCUT2D eigenvalue weighted by atomic mass is 9.79. The predicted molar refractivity (Wildman–Crippen MR) is 69.9 cm³/mol. The van der Waals surface area contributed by atoms with Gasteiger partial charge in [-0.15, -0.1) is 0 Å². The molecule has 0 aromatic heterocycles. The molecule has 0 saturated carbocycles. The van der Waals surface area contributed by atoms with Crippen LogP contribution < -0.4 is 0 Å². The first-order valence-electron chi connectivity index (χ1n) is 6.72. The molecule has 2 heteroatoms. The fraction of sp³-hybridized carbons (Fsp3) is 1.00. The van der Waals surface area contributed by atoms with E-state index in [0.717, 1.165) is 13.2 Å². The van der Waals surface area contributed by atoms with Crippen molar-refractivity contribution in [1.82, 2.24) is 0 Å². The molecule has 98 valence electrons. The molecule has 0 aromatic carbocycles. The van der Waals surface area contributed by atoms with Gasteiger partial charge in [-0.05, 0) is 12.8 Å². The quantitative estimate of drug-likeness (QED) is 0.499. The molecule has 0 aromatic rings. The zero-order valence-electron chi connectivity index (χ0n) is 11.7. The van der Waals surface area contributed by atoms with Crippen molar-refractivity contribution < 1.29 is 9.47 Å². The van der Waals surface area contributed by atoms with Gasteiger partial charge in [0.2, 0.25) is 0 Å². The van der Waals surface area contributed by atoms with Gasteiger partial charge < -0.3 is 9.47 Å². The van der Waals surface area contributed by atoms with Crippen molar-refractivity contribution in [1.29, 1.82) is 0 Å². The highest BCUT2D eigenvalue weighted by Crippen LogP contribution is 2.32. The summed E-state index contributed by atoms with van der Waals surface area (Å²) in [7, 11) is 3.60. The highest BCUT2D eigenvalue weighted by molar-refractivity contribution is 4.79. The molecule has 0 aliphatic rings. The number of ether oxygens (including phenoxy) is 2. The van der Waals surface area contributed by atoms with E-state index in [1.165, 1.54) is 44.9 Å². The van der Waals surface area contributed by atoms with Gasteiger partial charge >= 0.3 is 0 Å². The molecular weight excluding hydrogens is 200 g/mol. The zero-order chi connectivity index (χ0) is 12.3. The first-order valence-corrected chi connectivity index (χ1v) is 6.72. The summed E-state index contributed by atoms with van der Waals surface area (Å²) in [6.07, 6.45) is 8.90. The average Bonchev–Trinajstić information content (AvgIpc) is 2.27. The summed E-state index contributed by atoms with van der Waals surface area (Å²) in [6.45, 7) is 6.17. The third kappa shape index (κ3) is 6.49. The molecule has 0 amide bonds. The minimum Gasteiger partial charge on any atom is -0.384 e. The van der Waals surface area contributed by atoms with Gasteiger partial charge in [-0.25, -0.2) is 0 Å². The molecule has 16 heavy (non-hydrogen) atoms. The monoisotopic (exact) mass is 230 g/mol. The maximum atomic E-state index is 5.41. The van der Waals surface area contributed by atoms with Crippen LogP contribution in [0, 0.1) is 5.41 Å². The maximum absolute atomic E-state index is 5.41. The summed E-state index contributed by atoms with van der Waals surface area (Å²) in [5.41, 5.74) is 0.259. The second-order valence-electron chi connectivity index (χ2n) is 4.93. The third-order valence-electron chi connectivity index (χ3n) is 3.27. The molecule has 0 unspecified atom stereocenters. The Labute approximate surface area is 102 Å². The van der Waals surface area contributed by atoms with Gasteiger partial charge in [0, 0.05) is 19.6 Å². The Morgan fingerprint density at radius 2 is 1.25 bits per heavy atom. The van der Waals surface area contributed by atoms with E-state index in [-0.39, 0.29) is 5.41 Å². The van der Waals surface area contributed by atoms with E-state index in [2.05, 4.69) is 13.8 Å². The molecular formula is C14H30O2. The molecule has 0 heterocycles. The minimum absolute atomic E-state index is 0.259. The van der Waals surface area contributed by atoms with Gasteiger partial charge in [0.1, 0.15) is 0 Å². The van der Waals surface area contributed by atoms with Crippen LogP contribution in [0.1, 0.15) is 58.8 Å². The fourth-order valence-electron chi connectivity index (χ4n) is 2.37. The highest BCUT2D eigenvalue weighted by atomic mass is 16.5. The Morgan fingerprint density at radius 1 is 0.750 bits per heavy atom. The van der Waals surface area contributed by atoms with E-state index in [0.29, 0.717) is 0 Å². The topological polar surface area (TPSA) is 18.5 Å². The molecule has 0 radical (unpaired) electrons. The van der Waals surface area contributed by atoms with E-state index < -0.39 is 0 Å². The number of rotatable bonds is 11. The summed E-state index contributed by atoms with van der Waals surface area (Å²) in [6, 6.07) is 0. The Bertz CT molecular complexity index is 140. The molecule has 2 nitrogen and oxygen atoms in total. The van der Waals surface area contributed by atoms with Crippen LogP contribution in [-0.2, 0) is 9.47 Å². The molecule has 0 spiro atoms. The molecule has 0 atom stereocenters. The molecule has 0 fully saturated rings. The van der Waals surface area contributed by atoms with Gasteiger partial charge in [0.25, 0.3) is 0 Å². The summed E-state index contributed by atoms with van der Waals surface area (Å²) < 4.78 is 10.8. The number of hydrogen-bond donors (Lipinski definition) is 0. The maximum Gasteiger partial charge on any atom is 0.0540 e. The predicted octanol–water partition coefficient (Wildman–Crippen LogP) is 4.04.